The minimum Gasteiger partial charge on any atom is -0.0683 e. The SMILES string of the molecule is CC.CC.CCc1cc(C)ccc1Cc1ccccc1. The molecule has 20 heavy (non-hydrogen) atoms. The van der Waals surface area contributed by atoms with Gasteiger partial charge in [0, 0.05) is 0 Å². The highest BCUT2D eigenvalue weighted by Crippen LogP contribution is 2.16. The summed E-state index contributed by atoms with van der Waals surface area (Å²) in [6, 6.07) is 17.4. The standard InChI is InChI=1S/C16H18.2C2H6/c1-3-15-11-13(2)9-10-16(15)12-14-7-5-4-6-8-14;2*1-2/h4-11H,3,12H2,1-2H3;2*1-2H3. The minimum absolute atomic E-state index is 1.05. The smallest absolute Gasteiger partial charge is 0.00230 e. The van der Waals surface area contributed by atoms with Gasteiger partial charge in [-0.2, -0.15) is 0 Å². The second-order valence-corrected chi connectivity index (χ2v) is 4.29. The van der Waals surface area contributed by atoms with Crippen LogP contribution in [-0.2, 0) is 12.8 Å². The Bertz CT molecular complexity index is 455. The molecule has 2 aromatic carbocycles. The molecule has 0 amide bonds. The molecule has 0 N–H and O–H groups in total. The largest absolute Gasteiger partial charge is 0.0683 e. The predicted octanol–water partition coefficient (Wildman–Crippen LogP) is 6.20. The first-order chi connectivity index (χ1) is 9.79. The molecule has 0 radical (unpaired) electrons. The average Bonchev–Trinajstić information content (AvgIpc) is 2.54. The van der Waals surface area contributed by atoms with E-state index in [1.54, 1.807) is 0 Å². The van der Waals surface area contributed by atoms with Crippen LogP contribution in [0.5, 0.6) is 0 Å². The van der Waals surface area contributed by atoms with Crippen LogP contribution < -0.4 is 0 Å². The summed E-state index contributed by atoms with van der Waals surface area (Å²) in [7, 11) is 0. The van der Waals surface area contributed by atoms with Crippen molar-refractivity contribution in [3.63, 3.8) is 0 Å². The molecule has 0 aliphatic heterocycles. The van der Waals surface area contributed by atoms with E-state index in [0.29, 0.717) is 0 Å². The van der Waals surface area contributed by atoms with Crippen molar-refractivity contribution < 1.29 is 0 Å². The molecule has 0 unspecified atom stereocenters. The second kappa shape index (κ2) is 11.3. The topological polar surface area (TPSA) is 0 Å². The van der Waals surface area contributed by atoms with Gasteiger partial charge in [-0.15, -0.1) is 0 Å². The maximum atomic E-state index is 2.30. The summed E-state index contributed by atoms with van der Waals surface area (Å²) < 4.78 is 0. The van der Waals surface area contributed by atoms with Gasteiger partial charge >= 0.3 is 0 Å². The Morgan fingerprint density at radius 2 is 1.35 bits per heavy atom. The monoisotopic (exact) mass is 270 g/mol. The first-order valence-corrected chi connectivity index (χ1v) is 7.92. The fraction of sp³-hybridized carbons (Fsp3) is 0.400. The lowest BCUT2D eigenvalue weighted by Gasteiger charge is -2.09. The van der Waals surface area contributed by atoms with Crippen molar-refractivity contribution in [2.45, 2.75) is 54.4 Å². The van der Waals surface area contributed by atoms with Crippen LogP contribution in [0.25, 0.3) is 0 Å². The lowest BCUT2D eigenvalue weighted by molar-refractivity contribution is 1.05. The molecule has 0 aromatic heterocycles. The van der Waals surface area contributed by atoms with Gasteiger partial charge in [-0.3, -0.25) is 0 Å². The van der Waals surface area contributed by atoms with Crippen molar-refractivity contribution >= 4 is 0 Å². The molecule has 0 atom stereocenters. The highest BCUT2D eigenvalue weighted by molar-refractivity contribution is 5.35. The number of benzene rings is 2. The zero-order valence-corrected chi connectivity index (χ0v) is 14.0. The lowest BCUT2D eigenvalue weighted by atomic mass is 9.97. The van der Waals surface area contributed by atoms with Gasteiger partial charge in [0.2, 0.25) is 0 Å². The van der Waals surface area contributed by atoms with Gasteiger partial charge in [-0.05, 0) is 36.5 Å². The van der Waals surface area contributed by atoms with E-state index >= 15 is 0 Å². The summed E-state index contributed by atoms with van der Waals surface area (Å²) in [4.78, 5) is 0. The quantitative estimate of drug-likeness (QED) is 0.623. The van der Waals surface area contributed by atoms with Crippen molar-refractivity contribution in [2.75, 3.05) is 0 Å². The normalized spacial score (nSPS) is 8.90. The maximum absolute atomic E-state index is 2.30. The second-order valence-electron chi connectivity index (χ2n) is 4.29. The zero-order valence-electron chi connectivity index (χ0n) is 14.0. The van der Waals surface area contributed by atoms with Gasteiger partial charge in [-0.25, -0.2) is 0 Å². The predicted molar refractivity (Wildman–Crippen MR) is 92.5 cm³/mol. The zero-order chi connectivity index (χ0) is 15.4. The van der Waals surface area contributed by atoms with E-state index < -0.39 is 0 Å². The van der Waals surface area contributed by atoms with Crippen molar-refractivity contribution in [1.29, 1.82) is 0 Å². The Morgan fingerprint density at radius 1 is 0.750 bits per heavy atom. The van der Waals surface area contributed by atoms with E-state index in [1.165, 1.54) is 22.3 Å². The molecular weight excluding hydrogens is 240 g/mol. The fourth-order valence-electron chi connectivity index (χ4n) is 2.07. The summed E-state index contributed by atoms with van der Waals surface area (Å²) in [5.74, 6) is 0. The van der Waals surface area contributed by atoms with Crippen LogP contribution in [0.15, 0.2) is 48.5 Å². The summed E-state index contributed by atoms with van der Waals surface area (Å²) in [5, 5.41) is 0. The maximum Gasteiger partial charge on any atom is -0.00230 e. The number of hydrogen-bond acceptors (Lipinski definition) is 0. The van der Waals surface area contributed by atoms with Crippen LogP contribution >= 0.6 is 0 Å². The van der Waals surface area contributed by atoms with Gasteiger partial charge in [0.15, 0.2) is 0 Å². The number of rotatable bonds is 3. The minimum atomic E-state index is 1.05. The molecule has 0 saturated heterocycles. The molecule has 0 bridgehead atoms. The third kappa shape index (κ3) is 6.06. The van der Waals surface area contributed by atoms with Crippen molar-refractivity contribution in [3.8, 4) is 0 Å². The molecule has 0 aliphatic carbocycles. The molecular formula is C20H30. The summed E-state index contributed by atoms with van der Waals surface area (Å²) in [6.07, 6.45) is 2.16. The van der Waals surface area contributed by atoms with E-state index in [0.717, 1.165) is 12.8 Å². The van der Waals surface area contributed by atoms with Gasteiger partial charge in [0.1, 0.15) is 0 Å². The van der Waals surface area contributed by atoms with Gasteiger partial charge in [0.25, 0.3) is 0 Å². The van der Waals surface area contributed by atoms with E-state index in [9.17, 15) is 0 Å². The first kappa shape index (κ1) is 18.4. The Balaban J connectivity index is 0.000000829. The van der Waals surface area contributed by atoms with Crippen molar-refractivity contribution in [2.24, 2.45) is 0 Å². The molecule has 2 aromatic rings. The fourth-order valence-corrected chi connectivity index (χ4v) is 2.07. The van der Waals surface area contributed by atoms with Crippen molar-refractivity contribution in [1.82, 2.24) is 0 Å². The Labute approximate surface area is 125 Å². The Kier molecular flexibility index (Phi) is 10.4. The molecule has 0 heteroatoms. The molecule has 0 spiro atoms. The Hall–Kier alpha value is -1.56. The molecule has 2 rings (SSSR count). The molecule has 0 heterocycles. The summed E-state index contributed by atoms with van der Waals surface area (Å²) in [5.41, 5.74) is 5.68. The van der Waals surface area contributed by atoms with E-state index in [4.69, 9.17) is 0 Å². The van der Waals surface area contributed by atoms with E-state index in [2.05, 4.69) is 62.4 Å². The Morgan fingerprint density at radius 3 is 1.90 bits per heavy atom. The summed E-state index contributed by atoms with van der Waals surface area (Å²) >= 11 is 0. The number of aryl methyl sites for hydroxylation is 2. The van der Waals surface area contributed by atoms with Crippen LogP contribution in [-0.4, -0.2) is 0 Å². The van der Waals surface area contributed by atoms with Gasteiger partial charge in [0.05, 0.1) is 0 Å². The van der Waals surface area contributed by atoms with Crippen LogP contribution in [0, 0.1) is 6.92 Å². The van der Waals surface area contributed by atoms with Crippen LogP contribution in [0.3, 0.4) is 0 Å². The molecule has 0 fully saturated rings. The van der Waals surface area contributed by atoms with Crippen molar-refractivity contribution in [3.05, 3.63) is 70.8 Å². The van der Waals surface area contributed by atoms with E-state index in [-0.39, 0.29) is 0 Å². The van der Waals surface area contributed by atoms with Gasteiger partial charge < -0.3 is 0 Å². The van der Waals surface area contributed by atoms with Crippen LogP contribution in [0.1, 0.15) is 56.9 Å². The molecule has 110 valence electrons. The van der Waals surface area contributed by atoms with Crippen LogP contribution in [0.4, 0.5) is 0 Å². The molecule has 0 aliphatic rings. The lowest BCUT2D eigenvalue weighted by Crippen LogP contribution is -1.95. The van der Waals surface area contributed by atoms with Crippen LogP contribution in [0.2, 0.25) is 0 Å². The molecule has 0 saturated carbocycles. The highest BCUT2D eigenvalue weighted by atomic mass is 14.1. The summed E-state index contributed by atoms with van der Waals surface area (Å²) in [6.45, 7) is 12.4. The average molecular weight is 270 g/mol. The number of hydrogen-bond donors (Lipinski definition) is 0. The third-order valence-electron chi connectivity index (χ3n) is 2.98. The van der Waals surface area contributed by atoms with E-state index in [1.807, 2.05) is 27.7 Å². The molecule has 0 nitrogen and oxygen atoms in total. The highest BCUT2D eigenvalue weighted by Gasteiger charge is 2.02. The van der Waals surface area contributed by atoms with Gasteiger partial charge in [-0.1, -0.05) is 88.7 Å². The third-order valence-corrected chi connectivity index (χ3v) is 2.98. The first-order valence-electron chi connectivity index (χ1n) is 7.92.